The number of pyridine rings is 1. The van der Waals surface area contributed by atoms with E-state index in [4.69, 9.17) is 4.42 Å². The van der Waals surface area contributed by atoms with Gasteiger partial charge in [-0.1, -0.05) is 24.3 Å². The number of furan rings is 1. The molecule has 2 aromatic carbocycles. The lowest BCUT2D eigenvalue weighted by atomic mass is 10.2. The predicted octanol–water partition coefficient (Wildman–Crippen LogP) is 5.29. The van der Waals surface area contributed by atoms with Crippen molar-refractivity contribution in [2.45, 2.75) is 17.3 Å². The lowest BCUT2D eigenvalue weighted by Gasteiger charge is -2.10. The number of aromatic nitrogens is 1. The van der Waals surface area contributed by atoms with Crippen molar-refractivity contribution in [3.63, 3.8) is 0 Å². The van der Waals surface area contributed by atoms with Crippen molar-refractivity contribution in [3.05, 3.63) is 114 Å². The minimum absolute atomic E-state index is 0.232. The molecule has 0 spiro atoms. The van der Waals surface area contributed by atoms with E-state index < -0.39 is 0 Å². The van der Waals surface area contributed by atoms with Gasteiger partial charge < -0.3 is 15.1 Å². The third-order valence-corrected chi connectivity index (χ3v) is 5.79. The molecule has 0 aliphatic carbocycles. The van der Waals surface area contributed by atoms with Crippen LogP contribution in [-0.2, 0) is 12.3 Å². The molecule has 2 aromatic heterocycles. The summed E-state index contributed by atoms with van der Waals surface area (Å²) in [6, 6.07) is 20.1. The van der Waals surface area contributed by atoms with E-state index in [0.29, 0.717) is 28.6 Å². The number of rotatable bonds is 8. The number of carbonyl (C=O) groups excluding carboxylic acids is 2. The molecular weight excluding hydrogens is 441 g/mol. The normalized spacial score (nSPS) is 10.6. The van der Waals surface area contributed by atoms with Gasteiger partial charge >= 0.3 is 0 Å². The topological polar surface area (TPSA) is 84.2 Å². The maximum Gasteiger partial charge on any atom is 0.291 e. The van der Waals surface area contributed by atoms with Gasteiger partial charge in [0.05, 0.1) is 11.8 Å². The summed E-state index contributed by atoms with van der Waals surface area (Å²) in [7, 11) is 0. The average molecular weight is 462 g/mol. The fourth-order valence-corrected chi connectivity index (χ4v) is 3.94. The van der Waals surface area contributed by atoms with Gasteiger partial charge in [-0.25, -0.2) is 9.37 Å². The van der Waals surface area contributed by atoms with Crippen molar-refractivity contribution in [2.75, 3.05) is 5.32 Å². The van der Waals surface area contributed by atoms with E-state index in [1.54, 1.807) is 54.7 Å². The first-order valence-electron chi connectivity index (χ1n) is 10.1. The Morgan fingerprint density at radius 1 is 0.909 bits per heavy atom. The predicted molar refractivity (Wildman–Crippen MR) is 124 cm³/mol. The smallest absolute Gasteiger partial charge is 0.291 e. The molecule has 0 aliphatic rings. The monoisotopic (exact) mass is 461 g/mol. The maximum atomic E-state index is 13.1. The van der Waals surface area contributed by atoms with Gasteiger partial charge in [-0.2, -0.15) is 0 Å². The van der Waals surface area contributed by atoms with Gasteiger partial charge in [-0.05, 0) is 59.7 Å². The first-order chi connectivity index (χ1) is 16.1. The summed E-state index contributed by atoms with van der Waals surface area (Å²) in [5, 5.41) is 6.25. The van der Waals surface area contributed by atoms with E-state index >= 15 is 0 Å². The lowest BCUT2D eigenvalue weighted by molar-refractivity contribution is 0.0946. The molecule has 2 amide bonds. The van der Waals surface area contributed by atoms with Crippen molar-refractivity contribution >= 4 is 29.3 Å². The maximum absolute atomic E-state index is 13.1. The van der Waals surface area contributed by atoms with Crippen molar-refractivity contribution in [1.82, 2.24) is 10.3 Å². The number of carbonyl (C=O) groups is 2. The summed E-state index contributed by atoms with van der Waals surface area (Å²) < 4.78 is 18.2. The number of thioether (sulfide) groups is 1. The molecule has 0 unspecified atom stereocenters. The largest absolute Gasteiger partial charge is 0.459 e. The molecule has 4 aromatic rings. The van der Waals surface area contributed by atoms with Crippen LogP contribution < -0.4 is 10.6 Å². The van der Waals surface area contributed by atoms with Gasteiger partial charge in [0.15, 0.2) is 5.76 Å². The molecule has 0 fully saturated rings. The molecule has 33 heavy (non-hydrogen) atoms. The number of hydrogen-bond donors (Lipinski definition) is 2. The minimum atomic E-state index is -0.330. The first-order valence-corrected chi connectivity index (χ1v) is 11.1. The van der Waals surface area contributed by atoms with Crippen LogP contribution in [0.3, 0.4) is 0 Å². The van der Waals surface area contributed by atoms with Crippen LogP contribution in [0.1, 0.15) is 32.0 Å². The van der Waals surface area contributed by atoms with Gasteiger partial charge in [0.25, 0.3) is 11.8 Å². The van der Waals surface area contributed by atoms with Gasteiger partial charge in [-0.15, -0.1) is 11.8 Å². The summed E-state index contributed by atoms with van der Waals surface area (Å²) in [4.78, 5) is 29.1. The highest BCUT2D eigenvalue weighted by Crippen LogP contribution is 2.24. The molecule has 0 bridgehead atoms. The van der Waals surface area contributed by atoms with Crippen LogP contribution in [0.2, 0.25) is 0 Å². The second-order valence-electron chi connectivity index (χ2n) is 7.08. The zero-order valence-electron chi connectivity index (χ0n) is 17.5. The van der Waals surface area contributed by atoms with Crippen LogP contribution in [-0.4, -0.2) is 16.8 Å². The van der Waals surface area contributed by atoms with Gasteiger partial charge in [0.2, 0.25) is 0 Å². The van der Waals surface area contributed by atoms with Crippen LogP contribution in [0.15, 0.2) is 94.7 Å². The molecule has 2 heterocycles. The molecule has 166 valence electrons. The van der Waals surface area contributed by atoms with E-state index in [-0.39, 0.29) is 23.4 Å². The third kappa shape index (κ3) is 6.08. The Labute approximate surface area is 194 Å². The van der Waals surface area contributed by atoms with E-state index in [2.05, 4.69) is 15.6 Å². The van der Waals surface area contributed by atoms with E-state index in [9.17, 15) is 14.0 Å². The van der Waals surface area contributed by atoms with Crippen LogP contribution in [0, 0.1) is 5.82 Å². The SMILES string of the molecule is O=C(Nc1ccc(CNC(=O)c2cccnc2SCc2ccc(F)cc2)cc1)c1ccco1. The second kappa shape index (κ2) is 10.6. The quantitative estimate of drug-likeness (QED) is 0.349. The summed E-state index contributed by atoms with van der Waals surface area (Å²) >= 11 is 1.42. The van der Waals surface area contributed by atoms with Gasteiger partial charge in [0, 0.05) is 24.2 Å². The molecule has 0 aliphatic heterocycles. The Bertz CT molecular complexity index is 1230. The van der Waals surface area contributed by atoms with Crippen molar-refractivity contribution in [1.29, 1.82) is 0 Å². The summed E-state index contributed by atoms with van der Waals surface area (Å²) in [6.07, 6.45) is 3.08. The Kier molecular flexibility index (Phi) is 7.16. The fourth-order valence-electron chi connectivity index (χ4n) is 2.99. The molecule has 4 rings (SSSR count). The number of benzene rings is 2. The number of anilines is 1. The molecule has 2 N–H and O–H groups in total. The molecule has 0 atom stereocenters. The Hall–Kier alpha value is -3.91. The van der Waals surface area contributed by atoms with Crippen molar-refractivity contribution in [2.24, 2.45) is 0 Å². The average Bonchev–Trinajstić information content (AvgIpc) is 3.39. The van der Waals surface area contributed by atoms with Gasteiger partial charge in [-0.3, -0.25) is 9.59 Å². The molecule has 8 heteroatoms. The number of hydrogen-bond acceptors (Lipinski definition) is 5. The highest BCUT2D eigenvalue weighted by atomic mass is 32.2. The van der Waals surface area contributed by atoms with Gasteiger partial charge in [0.1, 0.15) is 10.8 Å². The summed E-state index contributed by atoms with van der Waals surface area (Å²) in [6.45, 7) is 0.322. The molecule has 6 nitrogen and oxygen atoms in total. The number of nitrogens with zero attached hydrogens (tertiary/aromatic N) is 1. The number of halogens is 1. The molecule has 0 saturated heterocycles. The van der Waals surface area contributed by atoms with Crippen LogP contribution in [0.25, 0.3) is 0 Å². The lowest BCUT2D eigenvalue weighted by Crippen LogP contribution is -2.23. The highest BCUT2D eigenvalue weighted by molar-refractivity contribution is 7.98. The summed E-state index contributed by atoms with van der Waals surface area (Å²) in [5.41, 5.74) is 2.92. The Morgan fingerprint density at radius 3 is 2.39 bits per heavy atom. The summed E-state index contributed by atoms with van der Waals surface area (Å²) in [5.74, 6) is -0.0448. The Balaban J connectivity index is 1.33. The van der Waals surface area contributed by atoms with E-state index in [0.717, 1.165) is 11.1 Å². The second-order valence-corrected chi connectivity index (χ2v) is 8.05. The molecular formula is C25H20FN3O3S. The third-order valence-electron chi connectivity index (χ3n) is 4.71. The van der Waals surface area contributed by atoms with E-state index in [1.807, 2.05) is 12.1 Å². The molecule has 0 saturated carbocycles. The Morgan fingerprint density at radius 2 is 1.67 bits per heavy atom. The molecule has 0 radical (unpaired) electrons. The first kappa shape index (κ1) is 22.3. The minimum Gasteiger partial charge on any atom is -0.459 e. The van der Waals surface area contributed by atoms with Crippen LogP contribution >= 0.6 is 11.8 Å². The number of amides is 2. The van der Waals surface area contributed by atoms with E-state index in [1.165, 1.54) is 30.2 Å². The van der Waals surface area contributed by atoms with Crippen molar-refractivity contribution < 1.29 is 18.4 Å². The zero-order chi connectivity index (χ0) is 23.0. The van der Waals surface area contributed by atoms with Crippen molar-refractivity contribution in [3.8, 4) is 0 Å². The zero-order valence-corrected chi connectivity index (χ0v) is 18.3. The fraction of sp³-hybridized carbons (Fsp3) is 0.0800. The van der Waals surface area contributed by atoms with Crippen LogP contribution in [0.4, 0.5) is 10.1 Å². The highest BCUT2D eigenvalue weighted by Gasteiger charge is 2.13. The van der Waals surface area contributed by atoms with Crippen LogP contribution in [0.5, 0.6) is 0 Å². The number of nitrogens with one attached hydrogen (secondary N) is 2. The standard InChI is InChI=1S/C25H20FN3O3S/c26-19-9-5-18(6-10-19)16-33-25-21(3-1-13-27-25)23(30)28-15-17-7-11-20(12-8-17)29-24(31)22-4-2-14-32-22/h1-14H,15-16H2,(H,28,30)(H,29,31).